The molecule has 0 aromatic heterocycles. The Kier molecular flexibility index (Phi) is 6.07. The number of nitrogens with two attached hydrogens (primary N) is 1. The zero-order valence-corrected chi connectivity index (χ0v) is 12.7. The predicted octanol–water partition coefficient (Wildman–Crippen LogP) is 1.57. The Labute approximate surface area is 118 Å². The van der Waals surface area contributed by atoms with E-state index in [1.807, 2.05) is 0 Å². The second kappa shape index (κ2) is 7.58. The van der Waals surface area contributed by atoms with Gasteiger partial charge in [-0.1, -0.05) is 13.3 Å². The highest BCUT2D eigenvalue weighted by Crippen LogP contribution is 2.23. The Morgan fingerprint density at radius 1 is 1.00 bits per heavy atom. The van der Waals surface area contributed by atoms with E-state index in [-0.39, 0.29) is 5.54 Å². The van der Waals surface area contributed by atoms with E-state index in [0.29, 0.717) is 0 Å². The summed E-state index contributed by atoms with van der Waals surface area (Å²) in [7, 11) is 0. The normalized spacial score (nSPS) is 31.3. The van der Waals surface area contributed by atoms with Crippen LogP contribution < -0.4 is 11.2 Å². The number of hydrogen-bond donors (Lipinski definition) is 2. The van der Waals surface area contributed by atoms with Gasteiger partial charge in [0.25, 0.3) is 0 Å². The van der Waals surface area contributed by atoms with Crippen LogP contribution in [0.5, 0.6) is 0 Å². The molecule has 1 atom stereocenters. The molecule has 0 radical (unpaired) electrons. The highest BCUT2D eigenvalue weighted by Gasteiger charge is 2.33. The molecular formula is C15H32N4. The maximum Gasteiger partial charge on any atom is 0.0460 e. The van der Waals surface area contributed by atoms with Gasteiger partial charge >= 0.3 is 0 Å². The molecule has 0 amide bonds. The van der Waals surface area contributed by atoms with Crippen molar-refractivity contribution >= 4 is 0 Å². The molecule has 3 N–H and O–H groups in total. The summed E-state index contributed by atoms with van der Waals surface area (Å²) in [5, 5.41) is 2.44. The van der Waals surface area contributed by atoms with Crippen LogP contribution in [0.15, 0.2) is 0 Å². The number of piperidine rings is 1. The van der Waals surface area contributed by atoms with Crippen LogP contribution in [0.2, 0.25) is 0 Å². The van der Waals surface area contributed by atoms with Gasteiger partial charge in [-0.2, -0.15) is 0 Å². The van der Waals surface area contributed by atoms with Crippen LogP contribution in [-0.2, 0) is 0 Å². The topological polar surface area (TPSA) is 44.5 Å². The minimum atomic E-state index is 0.153. The fourth-order valence-corrected chi connectivity index (χ4v) is 3.49. The first kappa shape index (κ1) is 15.2. The number of nitrogens with zero attached hydrogens (tertiary/aromatic N) is 2. The molecule has 2 rings (SSSR count). The SMILES string of the molecule is CCCN1CCCC(CN)(NN2CCCCC2)CC1. The monoisotopic (exact) mass is 268 g/mol. The average molecular weight is 268 g/mol. The quantitative estimate of drug-likeness (QED) is 0.794. The molecule has 0 aliphatic carbocycles. The van der Waals surface area contributed by atoms with Gasteiger partial charge in [0.15, 0.2) is 0 Å². The lowest BCUT2D eigenvalue weighted by Crippen LogP contribution is -2.59. The van der Waals surface area contributed by atoms with E-state index >= 15 is 0 Å². The van der Waals surface area contributed by atoms with Crippen molar-refractivity contribution in [3.05, 3.63) is 0 Å². The molecule has 2 heterocycles. The molecule has 4 heteroatoms. The van der Waals surface area contributed by atoms with E-state index in [9.17, 15) is 0 Å². The second-order valence-corrected chi connectivity index (χ2v) is 6.34. The highest BCUT2D eigenvalue weighted by molar-refractivity contribution is 4.92. The van der Waals surface area contributed by atoms with Gasteiger partial charge < -0.3 is 10.6 Å². The minimum absolute atomic E-state index is 0.153. The van der Waals surface area contributed by atoms with Crippen LogP contribution in [0.4, 0.5) is 0 Å². The Balaban J connectivity index is 1.89. The number of likely N-dealkylation sites (tertiary alicyclic amines) is 1. The Bertz CT molecular complexity index is 253. The van der Waals surface area contributed by atoms with E-state index in [0.717, 1.165) is 6.54 Å². The summed E-state index contributed by atoms with van der Waals surface area (Å²) in [5.74, 6) is 0. The van der Waals surface area contributed by atoms with Crippen molar-refractivity contribution < 1.29 is 0 Å². The van der Waals surface area contributed by atoms with Gasteiger partial charge in [-0.25, -0.2) is 10.4 Å². The summed E-state index contributed by atoms with van der Waals surface area (Å²) in [6.45, 7) is 9.12. The van der Waals surface area contributed by atoms with Crippen LogP contribution in [-0.4, -0.2) is 54.7 Å². The molecule has 0 spiro atoms. The van der Waals surface area contributed by atoms with Crippen molar-refractivity contribution in [2.24, 2.45) is 5.73 Å². The second-order valence-electron chi connectivity index (χ2n) is 6.34. The van der Waals surface area contributed by atoms with Crippen LogP contribution in [0.1, 0.15) is 51.9 Å². The molecule has 4 nitrogen and oxygen atoms in total. The summed E-state index contributed by atoms with van der Waals surface area (Å²) < 4.78 is 0. The van der Waals surface area contributed by atoms with Crippen molar-refractivity contribution in [2.45, 2.75) is 57.4 Å². The first-order valence-corrected chi connectivity index (χ1v) is 8.23. The lowest BCUT2D eigenvalue weighted by molar-refractivity contribution is 0.0741. The van der Waals surface area contributed by atoms with Crippen molar-refractivity contribution in [3.8, 4) is 0 Å². The van der Waals surface area contributed by atoms with E-state index in [1.165, 1.54) is 77.7 Å². The number of nitrogens with one attached hydrogen (secondary N) is 1. The van der Waals surface area contributed by atoms with Gasteiger partial charge in [0.2, 0.25) is 0 Å². The maximum atomic E-state index is 6.14. The maximum absolute atomic E-state index is 6.14. The molecule has 0 aromatic rings. The fourth-order valence-electron chi connectivity index (χ4n) is 3.49. The zero-order chi connectivity index (χ0) is 13.6. The summed E-state index contributed by atoms with van der Waals surface area (Å²) in [6, 6.07) is 0. The lowest BCUT2D eigenvalue weighted by atomic mass is 9.91. The molecular weight excluding hydrogens is 236 g/mol. The molecule has 2 aliphatic heterocycles. The van der Waals surface area contributed by atoms with Crippen LogP contribution >= 0.6 is 0 Å². The van der Waals surface area contributed by atoms with Gasteiger partial charge in [-0.05, 0) is 58.2 Å². The first-order valence-electron chi connectivity index (χ1n) is 8.23. The van der Waals surface area contributed by atoms with Gasteiger partial charge in [0.1, 0.15) is 0 Å². The Morgan fingerprint density at radius 3 is 2.47 bits per heavy atom. The highest BCUT2D eigenvalue weighted by atomic mass is 15.5. The third-order valence-electron chi connectivity index (χ3n) is 4.72. The molecule has 0 aromatic carbocycles. The van der Waals surface area contributed by atoms with Crippen molar-refractivity contribution in [2.75, 3.05) is 39.3 Å². The molecule has 2 aliphatic rings. The third-order valence-corrected chi connectivity index (χ3v) is 4.72. The van der Waals surface area contributed by atoms with E-state index in [4.69, 9.17) is 5.73 Å². The lowest BCUT2D eigenvalue weighted by Gasteiger charge is -2.40. The molecule has 2 saturated heterocycles. The van der Waals surface area contributed by atoms with E-state index < -0.39 is 0 Å². The number of rotatable bonds is 5. The summed E-state index contributed by atoms with van der Waals surface area (Å²) in [6.07, 6.45) is 9.00. The van der Waals surface area contributed by atoms with Gasteiger partial charge in [0.05, 0.1) is 0 Å². The van der Waals surface area contributed by atoms with Crippen molar-refractivity contribution in [1.82, 2.24) is 15.3 Å². The standard InChI is InChI=1S/C15H32N4/c1-2-9-18-10-6-7-15(14-16,8-13-18)17-19-11-4-3-5-12-19/h17H,2-14,16H2,1H3. The minimum Gasteiger partial charge on any atom is -0.329 e. The van der Waals surface area contributed by atoms with Crippen molar-refractivity contribution in [3.63, 3.8) is 0 Å². The number of hydrogen-bond acceptors (Lipinski definition) is 4. The first-order chi connectivity index (χ1) is 9.28. The molecule has 0 saturated carbocycles. The summed E-state index contributed by atoms with van der Waals surface area (Å²) in [4.78, 5) is 2.61. The molecule has 1 unspecified atom stereocenters. The fraction of sp³-hybridized carbons (Fsp3) is 1.00. The largest absolute Gasteiger partial charge is 0.329 e. The van der Waals surface area contributed by atoms with Gasteiger partial charge in [0, 0.05) is 25.2 Å². The smallest absolute Gasteiger partial charge is 0.0460 e. The Morgan fingerprint density at radius 2 is 1.79 bits per heavy atom. The van der Waals surface area contributed by atoms with Crippen LogP contribution in [0.25, 0.3) is 0 Å². The van der Waals surface area contributed by atoms with E-state index in [2.05, 4.69) is 22.3 Å². The van der Waals surface area contributed by atoms with Crippen LogP contribution in [0.3, 0.4) is 0 Å². The molecule has 2 fully saturated rings. The predicted molar refractivity (Wildman–Crippen MR) is 80.9 cm³/mol. The Hall–Kier alpha value is -0.160. The zero-order valence-electron chi connectivity index (χ0n) is 12.7. The third kappa shape index (κ3) is 4.42. The molecule has 19 heavy (non-hydrogen) atoms. The van der Waals surface area contributed by atoms with E-state index in [1.54, 1.807) is 0 Å². The molecule has 0 bridgehead atoms. The van der Waals surface area contributed by atoms with Crippen molar-refractivity contribution in [1.29, 1.82) is 0 Å². The number of hydrazine groups is 1. The van der Waals surface area contributed by atoms with Crippen LogP contribution in [0, 0.1) is 0 Å². The van der Waals surface area contributed by atoms with Gasteiger partial charge in [-0.3, -0.25) is 0 Å². The summed E-state index contributed by atoms with van der Waals surface area (Å²) >= 11 is 0. The molecule has 112 valence electrons. The summed E-state index contributed by atoms with van der Waals surface area (Å²) in [5.41, 5.74) is 10.1. The average Bonchev–Trinajstić information content (AvgIpc) is 2.64. The van der Waals surface area contributed by atoms with Gasteiger partial charge in [-0.15, -0.1) is 0 Å².